The first-order valence-electron chi connectivity index (χ1n) is 29.7. The van der Waals surface area contributed by atoms with Crippen molar-refractivity contribution in [1.82, 2.24) is 4.98 Å². The molecule has 0 saturated heterocycles. The van der Waals surface area contributed by atoms with Crippen LogP contribution in [0.4, 0.5) is 11.4 Å². The van der Waals surface area contributed by atoms with Gasteiger partial charge in [0.1, 0.15) is 11.6 Å². The number of hydrogen-bond acceptors (Lipinski definition) is 10. The Morgan fingerprint density at radius 3 is 1.13 bits per heavy atom. The molecular formula is C78H66B2BrCl5N3O9P. The van der Waals surface area contributed by atoms with Crippen molar-refractivity contribution in [2.24, 2.45) is 0 Å². The number of benzene rings is 14. The highest BCUT2D eigenvalue weighted by molar-refractivity contribution is 9.10. The Morgan fingerprint density at radius 1 is 0.394 bits per heavy atom. The Labute approximate surface area is 606 Å². The first kappa shape index (κ1) is 77.3. The highest BCUT2D eigenvalue weighted by Crippen LogP contribution is 2.61. The monoisotopic (exact) mass is 1500 g/mol. The summed E-state index contributed by atoms with van der Waals surface area (Å²) in [5, 5.41) is 65.9. The maximum atomic E-state index is 9.51. The third kappa shape index (κ3) is 21.3. The molecule has 14 aromatic carbocycles. The number of anilines is 2. The number of pyridine rings is 1. The predicted molar refractivity (Wildman–Crippen MR) is 426 cm³/mol. The Balaban J connectivity index is 0.000000171. The van der Waals surface area contributed by atoms with Gasteiger partial charge in [0.2, 0.25) is 0 Å². The van der Waals surface area contributed by atoms with Crippen LogP contribution >= 0.6 is 78.1 Å². The van der Waals surface area contributed by atoms with Crippen LogP contribution < -0.4 is 22.4 Å². The van der Waals surface area contributed by atoms with Gasteiger partial charge < -0.3 is 41.8 Å². The van der Waals surface area contributed by atoms with Crippen LogP contribution in [0.1, 0.15) is 21.3 Å². The van der Waals surface area contributed by atoms with Gasteiger partial charge in [0.25, 0.3) is 0 Å². The fourth-order valence-electron chi connectivity index (χ4n) is 10.7. The number of hydrogen-bond donors (Lipinski definition) is 8. The number of rotatable bonds is 6. The second-order valence-electron chi connectivity index (χ2n) is 21.7. The fourth-order valence-corrected chi connectivity index (χ4v) is 11.6. The molecule has 0 aliphatic rings. The average Bonchev–Trinajstić information content (AvgIpc) is 0.755. The van der Waals surface area contributed by atoms with E-state index in [0.717, 1.165) is 86.4 Å². The number of aromatic nitrogens is 1. The van der Waals surface area contributed by atoms with Crippen molar-refractivity contribution in [3.63, 3.8) is 0 Å². The maximum Gasteiger partial charge on any atom is 0.488 e. The van der Waals surface area contributed by atoms with E-state index in [4.69, 9.17) is 65.0 Å². The van der Waals surface area contributed by atoms with Crippen molar-refractivity contribution in [1.29, 1.82) is 0 Å². The summed E-state index contributed by atoms with van der Waals surface area (Å²) in [4.78, 5) is 23.4. The van der Waals surface area contributed by atoms with E-state index >= 15 is 0 Å². The van der Waals surface area contributed by atoms with Crippen LogP contribution in [0.2, 0.25) is 10.2 Å². The largest absolute Gasteiger partial charge is 0.488 e. The van der Waals surface area contributed by atoms with Crippen molar-refractivity contribution < 1.29 is 44.5 Å². The van der Waals surface area contributed by atoms with E-state index in [9.17, 15) is 14.2 Å². The molecule has 0 saturated carbocycles. The lowest BCUT2D eigenvalue weighted by Crippen LogP contribution is -2.29. The first-order valence-corrected chi connectivity index (χ1v) is 35.6. The summed E-state index contributed by atoms with van der Waals surface area (Å²) in [6.45, 7) is 0. The number of carboxylic acids is 2. The summed E-state index contributed by atoms with van der Waals surface area (Å²) in [6, 6.07) is 92.8. The van der Waals surface area contributed by atoms with Gasteiger partial charge in [0, 0.05) is 37.4 Å². The second kappa shape index (κ2) is 36.2. The van der Waals surface area contributed by atoms with Crippen molar-refractivity contribution >= 4 is 213 Å². The molecule has 0 spiro atoms. The standard InChI is InChI=1S/C23H13Cl2N.C20H15N.2C10H9BO2.C10H8BrN.C3H4O4.2CH4.Cl3OP/c24-21-13-22(25)26-23-18-8-4-3-7-17(18)19(12-20(21)23)16-10-9-14-5-1-2-6-15(14)11-16;21-20-12-11-17(18-7-3-4-8-19(18)20)16-10-9-14-5-1-2-6-15(14)13-16;2*12-11(13)10-6-5-8-3-1-2-4-9(8)7-10;11-9-5-6-10(12)8-4-2-1-3-7(8)9;4-2(5)1-3(6)7;;;1-5(2,3)4/h1-13H;1-13H,21H2;2*1-7,12-13H;1-6H,12H2;1H2,(H,4,5)(H,6,7);2*1H4;. The van der Waals surface area contributed by atoms with Gasteiger partial charge in [-0.15, -0.1) is 0 Å². The highest BCUT2D eigenvalue weighted by Gasteiger charge is 2.15. The summed E-state index contributed by atoms with van der Waals surface area (Å²) in [5.41, 5.74) is 20.2. The van der Waals surface area contributed by atoms with Crippen molar-refractivity contribution in [2.45, 2.75) is 21.3 Å². The lowest BCUT2D eigenvalue weighted by molar-refractivity contribution is -0.147. The molecule has 0 bridgehead atoms. The van der Waals surface area contributed by atoms with Gasteiger partial charge in [-0.05, 0) is 169 Å². The molecular weight excluding hydrogens is 1430 g/mol. The Hall–Kier alpha value is -9.02. The zero-order valence-corrected chi connectivity index (χ0v) is 57.4. The van der Waals surface area contributed by atoms with Crippen molar-refractivity contribution in [3.8, 4) is 22.3 Å². The van der Waals surface area contributed by atoms with E-state index in [-0.39, 0.29) is 14.9 Å². The summed E-state index contributed by atoms with van der Waals surface area (Å²) < 4.78 is 10.6. The molecule has 0 atom stereocenters. The summed E-state index contributed by atoms with van der Waals surface area (Å²) in [5.74, 6) is -2.62. The molecule has 10 N–H and O–H groups in total. The quantitative estimate of drug-likeness (QED) is 0.0194. The third-order valence-corrected chi connectivity index (χ3v) is 16.4. The topological polar surface area (TPSA) is 238 Å². The lowest BCUT2D eigenvalue weighted by Gasteiger charge is -2.12. The number of nitrogens with zero attached hydrogens (tertiary/aromatic N) is 1. The molecule has 0 aliphatic carbocycles. The van der Waals surface area contributed by atoms with E-state index in [1.54, 1.807) is 30.3 Å². The van der Waals surface area contributed by atoms with E-state index in [2.05, 4.69) is 188 Å². The molecule has 0 aliphatic heterocycles. The summed E-state index contributed by atoms with van der Waals surface area (Å²) >= 11 is 30.0. The molecule has 0 radical (unpaired) electrons. The van der Waals surface area contributed by atoms with Crippen LogP contribution in [-0.4, -0.2) is 61.5 Å². The van der Waals surface area contributed by atoms with Gasteiger partial charge in [0.05, 0.1) is 10.5 Å². The molecule has 0 fully saturated rings. The molecule has 0 amide bonds. The molecule has 1 heterocycles. The van der Waals surface area contributed by atoms with E-state index < -0.39 is 37.8 Å². The Kier molecular flexibility index (Phi) is 28.3. The third-order valence-electron chi connectivity index (χ3n) is 15.2. The lowest BCUT2D eigenvalue weighted by atomic mass is 9.79. The SMILES string of the molecule is C.C.Clc1cc(Cl)c2cc(-c3ccc4ccccc4c3)c3ccccc3c2n1.Nc1ccc(-c2ccc3ccccc3c2)c2ccccc12.Nc1ccc(Br)c2ccccc12.O=C(O)CC(=O)O.O=P(Cl)(Cl)Cl.OB(O)c1ccc2ccccc2c1.OB(O)c1ccc2ccccc2c1. The number of nitrogens with two attached hydrogens (primary N) is 2. The van der Waals surface area contributed by atoms with Crippen LogP contribution in [0, 0.1) is 0 Å². The Morgan fingerprint density at radius 2 is 0.727 bits per heavy atom. The molecule has 500 valence electrons. The minimum atomic E-state index is -3.22. The number of carbonyl (C=O) groups is 2. The van der Waals surface area contributed by atoms with Gasteiger partial charge in [-0.3, -0.25) is 14.2 Å². The number of nitrogen functional groups attached to an aromatic ring is 2. The van der Waals surface area contributed by atoms with Gasteiger partial charge in [-0.2, -0.15) is 0 Å². The molecule has 0 unspecified atom stereocenters. The first-order chi connectivity index (χ1) is 46.5. The molecule has 12 nitrogen and oxygen atoms in total. The van der Waals surface area contributed by atoms with Crippen LogP contribution in [0.25, 0.3) is 109 Å². The van der Waals surface area contributed by atoms with Gasteiger partial charge in [0.15, 0.2) is 0 Å². The van der Waals surface area contributed by atoms with Crippen LogP contribution in [0.3, 0.4) is 0 Å². The zero-order chi connectivity index (χ0) is 69.3. The number of carboxylic acid groups (broad SMARTS) is 2. The molecule has 21 heteroatoms. The van der Waals surface area contributed by atoms with Crippen LogP contribution in [0.15, 0.2) is 284 Å². The summed E-state index contributed by atoms with van der Waals surface area (Å²) in [7, 11) is -2.77. The van der Waals surface area contributed by atoms with Gasteiger partial charge in [-0.1, -0.05) is 291 Å². The molecule has 15 aromatic rings. The van der Waals surface area contributed by atoms with Crippen molar-refractivity contribution in [2.75, 3.05) is 11.5 Å². The molecule has 99 heavy (non-hydrogen) atoms. The predicted octanol–water partition coefficient (Wildman–Crippen LogP) is 20.6. The minimum absolute atomic E-state index is 0. The van der Waals surface area contributed by atoms with Gasteiger partial charge in [-0.25, -0.2) is 4.98 Å². The van der Waals surface area contributed by atoms with E-state index in [1.165, 1.54) is 38.1 Å². The van der Waals surface area contributed by atoms with E-state index in [0.29, 0.717) is 21.1 Å². The number of fused-ring (bicyclic) bond motifs is 9. The summed E-state index contributed by atoms with van der Waals surface area (Å²) in [6.07, 6.45) is -0.806. The van der Waals surface area contributed by atoms with Crippen molar-refractivity contribution in [3.05, 3.63) is 294 Å². The molecule has 1 aromatic heterocycles. The maximum absolute atomic E-state index is 9.51. The highest BCUT2D eigenvalue weighted by atomic mass is 79.9. The smallest absolute Gasteiger partial charge is 0.481 e. The second-order valence-corrected chi connectivity index (χ2v) is 30.0. The number of halogens is 6. The normalized spacial score (nSPS) is 10.5. The molecule has 15 rings (SSSR count). The van der Waals surface area contributed by atoms with Gasteiger partial charge >= 0.3 is 31.4 Å². The average molecular weight is 1500 g/mol. The van der Waals surface area contributed by atoms with Crippen LogP contribution in [-0.2, 0) is 14.2 Å². The number of aliphatic carboxylic acids is 2. The zero-order valence-electron chi connectivity index (χ0n) is 51.1. The van der Waals surface area contributed by atoms with E-state index in [1.807, 2.05) is 115 Å². The fraction of sp³-hybridized carbons (Fsp3) is 0.0385. The Bertz CT molecular complexity index is 5240. The minimum Gasteiger partial charge on any atom is -0.481 e. The van der Waals surface area contributed by atoms with Crippen LogP contribution in [0.5, 0.6) is 0 Å².